The van der Waals surface area contributed by atoms with Crippen molar-refractivity contribution in [1.29, 1.82) is 0 Å². The van der Waals surface area contributed by atoms with Crippen molar-refractivity contribution in [1.82, 2.24) is 0 Å². The van der Waals surface area contributed by atoms with Gasteiger partial charge in [-0.1, -0.05) is 0 Å². The zero-order valence-corrected chi connectivity index (χ0v) is 17.6. The van der Waals surface area contributed by atoms with Gasteiger partial charge in [0.25, 0.3) is 0 Å². The van der Waals surface area contributed by atoms with Gasteiger partial charge in [0.15, 0.2) is 0 Å². The van der Waals surface area contributed by atoms with Gasteiger partial charge in [-0.2, -0.15) is 0 Å². The molecule has 7 heteroatoms. The van der Waals surface area contributed by atoms with Crippen LogP contribution in [0.5, 0.6) is 0 Å². The van der Waals surface area contributed by atoms with E-state index in [0.717, 1.165) is 15.9 Å². The van der Waals surface area contributed by atoms with Crippen LogP contribution in [0.25, 0.3) is 0 Å². The summed E-state index contributed by atoms with van der Waals surface area (Å²) in [6.45, 7) is 0. The van der Waals surface area contributed by atoms with Crippen LogP contribution in [0.15, 0.2) is 91.0 Å². The molecule has 4 nitrogen and oxygen atoms in total. The monoisotopic (exact) mass is 426 g/mol. The molecule has 0 heterocycles. The van der Waals surface area contributed by atoms with Gasteiger partial charge in [0.05, 0.1) is 0 Å². The normalized spacial score (nSPS) is 12.8. The summed E-state index contributed by atoms with van der Waals surface area (Å²) >= 11 is 0. The molecule has 0 N–H and O–H groups in total. The maximum atomic E-state index is 13.2. The first-order valence-corrected chi connectivity index (χ1v) is 12.0. The fourth-order valence-electron chi connectivity index (χ4n) is 2.93. The summed E-state index contributed by atoms with van der Waals surface area (Å²) in [6, 6.07) is 29.0. The van der Waals surface area contributed by atoms with Gasteiger partial charge in [0.2, 0.25) is 0 Å². The molecule has 0 bridgehead atoms. The number of hydrogen-bond donors (Lipinski definition) is 0. The molecular weight excluding hydrogens is 400 g/mol. The molecule has 0 aliphatic rings. The van der Waals surface area contributed by atoms with Crippen LogP contribution in [0.4, 0.5) is 0 Å². The quantitative estimate of drug-likeness (QED) is 0.344. The van der Waals surface area contributed by atoms with Crippen molar-refractivity contribution in [3.8, 4) is 0 Å². The summed E-state index contributed by atoms with van der Waals surface area (Å²) in [5.41, 5.74) is 0. The number of quaternary nitrogens is 1. The van der Waals surface area contributed by atoms with E-state index < -0.39 is 17.8 Å². The van der Waals surface area contributed by atoms with Crippen molar-refractivity contribution in [3.05, 3.63) is 91.0 Å². The Kier molecular flexibility index (Phi) is 7.62. The Labute approximate surface area is 190 Å². The Morgan fingerprint density at radius 1 is 0.643 bits per heavy atom. The van der Waals surface area contributed by atoms with Crippen LogP contribution in [0, 0.1) is 0 Å². The molecule has 0 unspecified atom stereocenters. The molecule has 0 aliphatic carbocycles. The third-order valence-corrected chi connectivity index (χ3v) is 11.1. The molecule has 28 heavy (non-hydrogen) atoms. The summed E-state index contributed by atoms with van der Waals surface area (Å²) in [5, 5.41) is 2.67. The van der Waals surface area contributed by atoms with Gasteiger partial charge in [-0.15, -0.1) is 0 Å². The minimum absolute atomic E-state index is 0. The van der Waals surface area contributed by atoms with Crippen molar-refractivity contribution < 1.29 is 16.3 Å². The molecule has 0 saturated carbocycles. The predicted molar refractivity (Wildman–Crippen MR) is 122 cm³/mol. The fraction of sp³-hybridized carbons (Fsp3) is 0.143. The van der Waals surface area contributed by atoms with Crippen LogP contribution >= 0.6 is 7.49 Å². The van der Waals surface area contributed by atoms with Crippen LogP contribution in [0.2, 0.25) is 0 Å². The van der Waals surface area contributed by atoms with Gasteiger partial charge in [0.1, 0.15) is 0 Å². The molecule has 0 fully saturated rings. The average molecular weight is 426 g/mol. The summed E-state index contributed by atoms with van der Waals surface area (Å²) < 4.78 is 32.3. The van der Waals surface area contributed by atoms with E-state index in [4.69, 9.17) is 3.97 Å². The summed E-state index contributed by atoms with van der Waals surface area (Å²) in [4.78, 5) is 0. The standard InChI is InChI=1S/C21H25NO3PS.Na.H/c1-22(2,3)27(23,24)25-26(19-13-7-4-8-14-19,20-15-9-5-10-16-20)21-17-11-6-12-18-21;;/h4-18,26H,1-3H3;;/q+1;;. The molecule has 3 aromatic rings. The molecule has 3 aromatic carbocycles. The third-order valence-electron chi connectivity index (χ3n) is 4.44. The van der Waals surface area contributed by atoms with E-state index in [-0.39, 0.29) is 33.4 Å². The zero-order chi connectivity index (χ0) is 19.5. The summed E-state index contributed by atoms with van der Waals surface area (Å²) in [5.74, 6) is 0. The van der Waals surface area contributed by atoms with E-state index in [1.807, 2.05) is 91.0 Å². The molecule has 144 valence electrons. The van der Waals surface area contributed by atoms with Crippen molar-refractivity contribution in [2.24, 2.45) is 0 Å². The Morgan fingerprint density at radius 3 is 1.18 bits per heavy atom. The van der Waals surface area contributed by atoms with Gasteiger partial charge in [-0.05, 0) is 0 Å². The van der Waals surface area contributed by atoms with Crippen LogP contribution < -0.4 is 15.9 Å². The van der Waals surface area contributed by atoms with Gasteiger partial charge in [-0.3, -0.25) is 0 Å². The maximum absolute atomic E-state index is 13.2. The summed E-state index contributed by atoms with van der Waals surface area (Å²) in [7, 11) is -2.35. The topological polar surface area (TPSA) is 43.4 Å². The van der Waals surface area contributed by atoms with Gasteiger partial charge >= 0.3 is 192 Å². The second kappa shape index (κ2) is 9.19. The third kappa shape index (κ3) is 4.58. The Bertz CT molecular complexity index is 895. The number of nitrogens with zero attached hydrogens (tertiary/aromatic N) is 1. The SMILES string of the molecule is C[N+](C)(C)S(=O)(=O)O[PH](c1ccccc1)(c1ccccc1)c1ccccc1.[NaH]. The molecule has 3 rings (SSSR count). The van der Waals surface area contributed by atoms with E-state index in [0.29, 0.717) is 0 Å². The second-order valence-corrected chi connectivity index (χ2v) is 12.9. The van der Waals surface area contributed by atoms with Crippen LogP contribution in [-0.2, 0) is 14.3 Å². The van der Waals surface area contributed by atoms with E-state index in [1.54, 1.807) is 21.1 Å². The van der Waals surface area contributed by atoms with E-state index in [2.05, 4.69) is 0 Å². The van der Waals surface area contributed by atoms with Gasteiger partial charge in [0, 0.05) is 0 Å². The molecule has 0 aliphatic heterocycles. The number of hydrogen-bond acceptors (Lipinski definition) is 3. The summed E-state index contributed by atoms with van der Waals surface area (Å²) in [6.07, 6.45) is 0. The number of rotatable bonds is 6. The molecule has 0 radical (unpaired) electrons. The first-order chi connectivity index (χ1) is 12.8. The molecule has 0 atom stereocenters. The number of benzene rings is 3. The molecule has 0 spiro atoms. The molecule has 0 aromatic heterocycles. The zero-order valence-electron chi connectivity index (χ0n) is 15.7. The average Bonchev–Trinajstić information content (AvgIpc) is 2.67. The fourth-order valence-corrected chi connectivity index (χ4v) is 9.23. The first kappa shape index (κ1) is 23.2. The van der Waals surface area contributed by atoms with E-state index in [9.17, 15) is 8.42 Å². The van der Waals surface area contributed by atoms with Crippen LogP contribution in [0.1, 0.15) is 0 Å². The van der Waals surface area contributed by atoms with Gasteiger partial charge < -0.3 is 0 Å². The first-order valence-electron chi connectivity index (χ1n) is 8.71. The van der Waals surface area contributed by atoms with Crippen molar-refractivity contribution in [3.63, 3.8) is 0 Å². The van der Waals surface area contributed by atoms with Crippen molar-refractivity contribution in [2.75, 3.05) is 21.1 Å². The minimum atomic E-state index is -3.90. The Balaban J connectivity index is 0.00000280. The van der Waals surface area contributed by atoms with Crippen LogP contribution in [0.3, 0.4) is 0 Å². The second-order valence-electron chi connectivity index (χ2n) is 7.18. The molecule has 0 amide bonds. The van der Waals surface area contributed by atoms with Crippen LogP contribution in [-0.4, -0.2) is 63.0 Å². The predicted octanol–water partition coefficient (Wildman–Crippen LogP) is 1.95. The van der Waals surface area contributed by atoms with Crippen molar-refractivity contribution in [2.45, 2.75) is 0 Å². The van der Waals surface area contributed by atoms with E-state index in [1.165, 1.54) is 0 Å². The molecular formula is C21H26NNaO3PS+. The van der Waals surface area contributed by atoms with Crippen molar-refractivity contribution >= 4 is 63.3 Å². The van der Waals surface area contributed by atoms with Gasteiger partial charge in [-0.25, -0.2) is 0 Å². The van der Waals surface area contributed by atoms with E-state index >= 15 is 0 Å². The Morgan fingerprint density at radius 2 is 0.929 bits per heavy atom. The molecule has 0 saturated heterocycles. The Hall–Kier alpha value is -1.04.